The Kier molecular flexibility index (Phi) is 5.15. The minimum atomic E-state index is -0.743. The second-order valence-corrected chi connectivity index (χ2v) is 7.47. The van der Waals surface area contributed by atoms with Crippen LogP contribution in [0.1, 0.15) is 29.6 Å². The second kappa shape index (κ2) is 7.75. The summed E-state index contributed by atoms with van der Waals surface area (Å²) in [5, 5.41) is 10.5. The minimum Gasteiger partial charge on any atom is -0.511 e. The Balaban J connectivity index is 1.81. The number of Topliss-reactive ketones (excluding diaryl/α,β-unsaturated/α-hetero) is 2. The summed E-state index contributed by atoms with van der Waals surface area (Å²) in [4.78, 5) is 43.3. The van der Waals surface area contributed by atoms with E-state index in [1.807, 2.05) is 30.3 Å². The van der Waals surface area contributed by atoms with Crippen molar-refractivity contribution in [2.75, 3.05) is 13.7 Å². The lowest BCUT2D eigenvalue weighted by atomic mass is 9.83. The number of allylic oxidation sites excluding steroid dienone is 2. The number of carbonyl (C=O) groups excluding carboxylic acids is 2. The average molecular weight is 394 g/mol. The Morgan fingerprint density at radius 1 is 1.21 bits per heavy atom. The first kappa shape index (κ1) is 19.3. The molecule has 2 aliphatic carbocycles. The molecule has 1 heterocycles. The fraction of sp³-hybridized carbons (Fsp3) is 0.364. The van der Waals surface area contributed by atoms with Crippen molar-refractivity contribution < 1.29 is 19.4 Å². The molecule has 1 aromatic carbocycles. The Morgan fingerprint density at radius 3 is 2.66 bits per heavy atom. The number of rotatable bonds is 6. The number of fused-ring (bicyclic) bond motifs is 2. The fourth-order valence-electron chi connectivity index (χ4n) is 4.22. The molecule has 1 fully saturated rings. The van der Waals surface area contributed by atoms with E-state index in [4.69, 9.17) is 4.74 Å². The SMILES string of the molecule is COCCn1c(-c2ccccc2)ncc(C(=O)C2=C(O)C3CCC(C3)C2=O)c1=O. The molecular formula is C22H22N2O5. The van der Waals surface area contributed by atoms with Crippen molar-refractivity contribution in [2.45, 2.75) is 25.8 Å². The summed E-state index contributed by atoms with van der Waals surface area (Å²) < 4.78 is 6.48. The number of methoxy groups -OCH3 is 1. The standard InChI is InChI=1S/C22H22N2O5/c1-29-10-9-24-21(13-5-3-2-4-6-13)23-12-16(22(24)28)20(27)17-18(25)14-7-8-15(11-14)19(17)26/h2-6,12,14-15,25H,7-11H2,1H3. The summed E-state index contributed by atoms with van der Waals surface area (Å²) in [6, 6.07) is 9.17. The van der Waals surface area contributed by atoms with Gasteiger partial charge in [0.1, 0.15) is 22.7 Å². The molecule has 0 aliphatic heterocycles. The molecule has 2 atom stereocenters. The average Bonchev–Trinajstić information content (AvgIpc) is 3.19. The molecule has 2 aliphatic rings. The highest BCUT2D eigenvalue weighted by Crippen LogP contribution is 2.42. The number of ketones is 2. The number of nitrogens with zero attached hydrogens (tertiary/aromatic N) is 2. The maximum Gasteiger partial charge on any atom is 0.265 e. The highest BCUT2D eigenvalue weighted by Gasteiger charge is 2.43. The molecule has 29 heavy (non-hydrogen) atoms. The van der Waals surface area contributed by atoms with Crippen LogP contribution in [0, 0.1) is 11.8 Å². The first-order valence-corrected chi connectivity index (χ1v) is 9.69. The Hall–Kier alpha value is -3.06. The first-order valence-electron chi connectivity index (χ1n) is 9.69. The van der Waals surface area contributed by atoms with E-state index in [2.05, 4.69) is 4.98 Å². The summed E-state index contributed by atoms with van der Waals surface area (Å²) in [6.07, 6.45) is 3.13. The van der Waals surface area contributed by atoms with Crippen LogP contribution in [0.4, 0.5) is 0 Å². The number of aliphatic hydroxyl groups excluding tert-OH is 1. The van der Waals surface area contributed by atoms with Crippen LogP contribution in [-0.4, -0.2) is 39.9 Å². The van der Waals surface area contributed by atoms with E-state index in [1.165, 1.54) is 17.9 Å². The van der Waals surface area contributed by atoms with Gasteiger partial charge in [-0.1, -0.05) is 30.3 Å². The third-order valence-electron chi connectivity index (χ3n) is 5.76. The molecule has 4 rings (SSSR count). The van der Waals surface area contributed by atoms with Crippen molar-refractivity contribution >= 4 is 11.6 Å². The van der Waals surface area contributed by atoms with Gasteiger partial charge in [-0.25, -0.2) is 4.98 Å². The molecule has 0 radical (unpaired) electrons. The van der Waals surface area contributed by atoms with Crippen LogP contribution in [0.3, 0.4) is 0 Å². The normalized spacial score (nSPS) is 20.9. The highest BCUT2D eigenvalue weighted by molar-refractivity contribution is 6.27. The van der Waals surface area contributed by atoms with Crippen LogP contribution >= 0.6 is 0 Å². The molecule has 150 valence electrons. The van der Waals surface area contributed by atoms with Gasteiger partial charge < -0.3 is 9.84 Å². The largest absolute Gasteiger partial charge is 0.511 e. The zero-order valence-corrected chi connectivity index (χ0v) is 16.1. The third-order valence-corrected chi connectivity index (χ3v) is 5.76. The molecule has 2 aromatic rings. The predicted octanol–water partition coefficient (Wildman–Crippen LogP) is 2.55. The highest BCUT2D eigenvalue weighted by atomic mass is 16.5. The predicted molar refractivity (Wildman–Crippen MR) is 106 cm³/mol. The van der Waals surface area contributed by atoms with Gasteiger partial charge in [-0.3, -0.25) is 19.0 Å². The Bertz CT molecular complexity index is 1050. The monoisotopic (exact) mass is 394 g/mol. The molecule has 1 saturated carbocycles. The maximum atomic E-state index is 13.2. The van der Waals surface area contributed by atoms with Crippen molar-refractivity contribution in [1.29, 1.82) is 0 Å². The zero-order valence-electron chi connectivity index (χ0n) is 16.1. The molecule has 1 N–H and O–H groups in total. The fourth-order valence-corrected chi connectivity index (χ4v) is 4.22. The number of aliphatic hydroxyl groups is 1. The molecule has 0 amide bonds. The van der Waals surface area contributed by atoms with Crippen LogP contribution < -0.4 is 5.56 Å². The van der Waals surface area contributed by atoms with Gasteiger partial charge in [-0.15, -0.1) is 0 Å². The van der Waals surface area contributed by atoms with E-state index in [0.717, 1.165) is 5.56 Å². The van der Waals surface area contributed by atoms with Crippen LogP contribution in [0.5, 0.6) is 0 Å². The minimum absolute atomic E-state index is 0.177. The molecule has 1 aromatic heterocycles. The third kappa shape index (κ3) is 3.31. The molecule has 7 heteroatoms. The van der Waals surface area contributed by atoms with Gasteiger partial charge in [0.25, 0.3) is 5.56 Å². The second-order valence-electron chi connectivity index (χ2n) is 7.47. The first-order chi connectivity index (χ1) is 14.0. The van der Waals surface area contributed by atoms with Gasteiger partial charge in [-0.2, -0.15) is 0 Å². The molecule has 2 unspecified atom stereocenters. The number of aromatic nitrogens is 2. The number of ether oxygens (including phenoxy) is 1. The maximum absolute atomic E-state index is 13.2. The van der Waals surface area contributed by atoms with Crippen LogP contribution in [0.15, 0.2) is 52.7 Å². The van der Waals surface area contributed by atoms with Gasteiger partial charge in [-0.05, 0) is 19.3 Å². The molecular weight excluding hydrogens is 372 g/mol. The van der Waals surface area contributed by atoms with E-state index in [-0.39, 0.29) is 47.7 Å². The summed E-state index contributed by atoms with van der Waals surface area (Å²) in [5.74, 6) is -1.30. The van der Waals surface area contributed by atoms with Gasteiger partial charge in [0.05, 0.1) is 13.2 Å². The topological polar surface area (TPSA) is 98.5 Å². The lowest BCUT2D eigenvalue weighted by Crippen LogP contribution is -2.34. The van der Waals surface area contributed by atoms with Crippen molar-refractivity contribution in [3.8, 4) is 11.4 Å². The quantitative estimate of drug-likeness (QED) is 0.597. The Labute approximate surface area is 167 Å². The number of hydrogen-bond donors (Lipinski definition) is 1. The van der Waals surface area contributed by atoms with Crippen molar-refractivity contribution in [2.24, 2.45) is 11.8 Å². The van der Waals surface area contributed by atoms with Crippen molar-refractivity contribution in [3.63, 3.8) is 0 Å². The van der Waals surface area contributed by atoms with E-state index in [0.29, 0.717) is 25.1 Å². The summed E-state index contributed by atoms with van der Waals surface area (Å²) in [6.45, 7) is 0.466. The van der Waals surface area contributed by atoms with E-state index < -0.39 is 11.3 Å². The Morgan fingerprint density at radius 2 is 1.93 bits per heavy atom. The summed E-state index contributed by atoms with van der Waals surface area (Å²) in [7, 11) is 1.52. The smallest absolute Gasteiger partial charge is 0.265 e. The van der Waals surface area contributed by atoms with E-state index in [9.17, 15) is 19.5 Å². The van der Waals surface area contributed by atoms with Gasteiger partial charge in [0.2, 0.25) is 5.78 Å². The lowest BCUT2D eigenvalue weighted by Gasteiger charge is -2.21. The number of benzene rings is 1. The summed E-state index contributed by atoms with van der Waals surface area (Å²) in [5.41, 5.74) is -0.272. The van der Waals surface area contributed by atoms with Gasteiger partial charge in [0.15, 0.2) is 5.78 Å². The zero-order chi connectivity index (χ0) is 20.5. The number of carbonyl (C=O) groups is 2. The van der Waals surface area contributed by atoms with Crippen LogP contribution in [0.25, 0.3) is 11.4 Å². The summed E-state index contributed by atoms with van der Waals surface area (Å²) >= 11 is 0. The van der Waals surface area contributed by atoms with E-state index in [1.54, 1.807) is 0 Å². The molecule has 2 bridgehead atoms. The molecule has 0 spiro atoms. The van der Waals surface area contributed by atoms with E-state index >= 15 is 0 Å². The lowest BCUT2D eigenvalue weighted by molar-refractivity contribution is -0.119. The van der Waals surface area contributed by atoms with Crippen molar-refractivity contribution in [3.05, 3.63) is 63.8 Å². The van der Waals surface area contributed by atoms with Crippen molar-refractivity contribution in [1.82, 2.24) is 9.55 Å². The van der Waals surface area contributed by atoms with Gasteiger partial charge >= 0.3 is 0 Å². The van der Waals surface area contributed by atoms with Crippen LogP contribution in [0.2, 0.25) is 0 Å². The van der Waals surface area contributed by atoms with Gasteiger partial charge in [0, 0.05) is 30.7 Å². The molecule has 0 saturated heterocycles. The molecule has 7 nitrogen and oxygen atoms in total. The van der Waals surface area contributed by atoms with Crippen LogP contribution in [-0.2, 0) is 16.1 Å². The number of hydrogen-bond acceptors (Lipinski definition) is 6.